The van der Waals surface area contributed by atoms with Gasteiger partial charge in [-0.2, -0.15) is 0 Å². The van der Waals surface area contributed by atoms with Crippen molar-refractivity contribution in [2.24, 2.45) is 0 Å². The van der Waals surface area contributed by atoms with Crippen LogP contribution >= 0.6 is 0 Å². The number of nitrogens with one attached hydrogen (secondary N) is 2. The van der Waals surface area contributed by atoms with E-state index in [4.69, 9.17) is 9.47 Å². The SMILES string of the molecule is CC1Oc2ccc(NC(=O)C3Cc4ccccc4O3)cc2NC1=O. The predicted molar refractivity (Wildman–Crippen MR) is 88.4 cm³/mol. The number of rotatable bonds is 2. The highest BCUT2D eigenvalue weighted by atomic mass is 16.5. The molecular weight excluding hydrogens is 308 g/mol. The summed E-state index contributed by atoms with van der Waals surface area (Å²) in [5.41, 5.74) is 2.15. The summed E-state index contributed by atoms with van der Waals surface area (Å²) in [5, 5.41) is 5.58. The molecule has 122 valence electrons. The predicted octanol–water partition coefficient (Wildman–Crippen LogP) is 2.35. The summed E-state index contributed by atoms with van der Waals surface area (Å²) in [4.78, 5) is 24.1. The van der Waals surface area contributed by atoms with E-state index in [-0.39, 0.29) is 11.8 Å². The van der Waals surface area contributed by atoms with Crippen LogP contribution in [0, 0.1) is 0 Å². The Bertz CT molecular complexity index is 809. The van der Waals surface area contributed by atoms with Gasteiger partial charge in [-0.1, -0.05) is 18.2 Å². The van der Waals surface area contributed by atoms with Crippen LogP contribution in [0.3, 0.4) is 0 Å². The third-order valence-corrected chi connectivity index (χ3v) is 4.12. The van der Waals surface area contributed by atoms with E-state index in [0.29, 0.717) is 23.5 Å². The molecule has 0 radical (unpaired) electrons. The Hall–Kier alpha value is -3.02. The molecule has 2 N–H and O–H groups in total. The summed E-state index contributed by atoms with van der Waals surface area (Å²) >= 11 is 0. The zero-order valence-corrected chi connectivity index (χ0v) is 13.0. The van der Waals surface area contributed by atoms with Crippen molar-refractivity contribution >= 4 is 23.2 Å². The van der Waals surface area contributed by atoms with Gasteiger partial charge in [0.15, 0.2) is 12.2 Å². The molecule has 6 nitrogen and oxygen atoms in total. The number of benzene rings is 2. The van der Waals surface area contributed by atoms with Gasteiger partial charge in [-0.3, -0.25) is 9.59 Å². The van der Waals surface area contributed by atoms with Crippen LogP contribution < -0.4 is 20.1 Å². The summed E-state index contributed by atoms with van der Waals surface area (Å²) in [7, 11) is 0. The second-order valence-corrected chi connectivity index (χ2v) is 5.87. The van der Waals surface area contributed by atoms with Crippen molar-refractivity contribution in [2.75, 3.05) is 10.6 Å². The molecule has 0 spiro atoms. The molecule has 6 heteroatoms. The van der Waals surface area contributed by atoms with Crippen LogP contribution in [0.25, 0.3) is 0 Å². The first kappa shape index (κ1) is 14.6. The molecule has 2 atom stereocenters. The highest BCUT2D eigenvalue weighted by molar-refractivity contribution is 6.00. The Kier molecular flexibility index (Phi) is 3.37. The summed E-state index contributed by atoms with van der Waals surface area (Å²) in [5.74, 6) is 0.908. The van der Waals surface area contributed by atoms with Crippen molar-refractivity contribution in [2.45, 2.75) is 25.6 Å². The number of amides is 2. The van der Waals surface area contributed by atoms with Crippen molar-refractivity contribution < 1.29 is 19.1 Å². The topological polar surface area (TPSA) is 76.7 Å². The molecule has 24 heavy (non-hydrogen) atoms. The normalized spacial score (nSPS) is 21.0. The number of carbonyl (C=O) groups excluding carboxylic acids is 2. The number of anilines is 2. The molecule has 2 aliphatic heterocycles. The Balaban J connectivity index is 1.48. The van der Waals surface area contributed by atoms with Gasteiger partial charge in [-0.15, -0.1) is 0 Å². The van der Waals surface area contributed by atoms with Crippen LogP contribution in [-0.2, 0) is 16.0 Å². The zero-order valence-electron chi connectivity index (χ0n) is 13.0. The second-order valence-electron chi connectivity index (χ2n) is 5.87. The van der Waals surface area contributed by atoms with Crippen LogP contribution in [0.5, 0.6) is 11.5 Å². The first-order valence-electron chi connectivity index (χ1n) is 7.77. The van der Waals surface area contributed by atoms with Crippen molar-refractivity contribution in [3.05, 3.63) is 48.0 Å². The summed E-state index contributed by atoms with van der Waals surface area (Å²) in [6.07, 6.45) is -0.530. The number of ether oxygens (including phenoxy) is 2. The van der Waals surface area contributed by atoms with Crippen molar-refractivity contribution in [3.8, 4) is 11.5 Å². The molecule has 2 heterocycles. The Labute approximate surface area is 138 Å². The van der Waals surface area contributed by atoms with Crippen molar-refractivity contribution in [3.63, 3.8) is 0 Å². The minimum atomic E-state index is -0.552. The minimum Gasteiger partial charge on any atom is -0.480 e. The highest BCUT2D eigenvalue weighted by Crippen LogP contribution is 2.33. The maximum atomic E-state index is 12.4. The van der Waals surface area contributed by atoms with E-state index in [0.717, 1.165) is 11.3 Å². The Morgan fingerprint density at radius 1 is 1.17 bits per heavy atom. The minimum absolute atomic E-state index is 0.208. The fraction of sp³-hybridized carbons (Fsp3) is 0.222. The molecule has 2 unspecified atom stereocenters. The van der Waals surface area contributed by atoms with E-state index in [1.807, 2.05) is 24.3 Å². The van der Waals surface area contributed by atoms with Crippen LogP contribution in [0.2, 0.25) is 0 Å². The van der Waals surface area contributed by atoms with Gasteiger partial charge in [0, 0.05) is 12.1 Å². The molecule has 2 amide bonds. The van der Waals surface area contributed by atoms with E-state index < -0.39 is 12.2 Å². The first-order chi connectivity index (χ1) is 11.6. The Morgan fingerprint density at radius 2 is 2.00 bits per heavy atom. The van der Waals surface area contributed by atoms with Crippen molar-refractivity contribution in [1.82, 2.24) is 0 Å². The fourth-order valence-corrected chi connectivity index (χ4v) is 2.84. The monoisotopic (exact) mass is 324 g/mol. The van der Waals surface area contributed by atoms with E-state index >= 15 is 0 Å². The lowest BCUT2D eigenvalue weighted by Gasteiger charge is -2.23. The number of hydrogen-bond donors (Lipinski definition) is 2. The molecule has 2 aromatic rings. The molecule has 0 saturated carbocycles. The summed E-state index contributed by atoms with van der Waals surface area (Å²) in [6.45, 7) is 1.68. The second kappa shape index (κ2) is 5.56. The van der Waals surface area contributed by atoms with Crippen LogP contribution in [0.1, 0.15) is 12.5 Å². The highest BCUT2D eigenvalue weighted by Gasteiger charge is 2.29. The number of carbonyl (C=O) groups is 2. The third-order valence-electron chi connectivity index (χ3n) is 4.12. The lowest BCUT2D eigenvalue weighted by molar-refractivity contribution is -0.123. The maximum Gasteiger partial charge on any atom is 0.265 e. The number of hydrogen-bond acceptors (Lipinski definition) is 4. The summed E-state index contributed by atoms with van der Waals surface area (Å²) < 4.78 is 11.2. The van der Waals surface area contributed by atoms with E-state index in [2.05, 4.69) is 10.6 Å². The van der Waals surface area contributed by atoms with Gasteiger partial charge in [-0.25, -0.2) is 0 Å². The van der Waals surface area contributed by atoms with Crippen molar-refractivity contribution in [1.29, 1.82) is 0 Å². The number of fused-ring (bicyclic) bond motifs is 2. The molecule has 4 rings (SSSR count). The quantitative estimate of drug-likeness (QED) is 0.889. The van der Waals surface area contributed by atoms with Gasteiger partial charge in [0.05, 0.1) is 5.69 Å². The molecule has 0 aliphatic carbocycles. The standard InChI is InChI=1S/C18H16N2O4/c1-10-17(21)20-13-9-12(6-7-15(13)23-10)19-18(22)16-8-11-4-2-3-5-14(11)24-16/h2-7,9-10,16H,8H2,1H3,(H,19,22)(H,20,21). The van der Waals surface area contributed by atoms with Gasteiger partial charge in [0.1, 0.15) is 11.5 Å². The van der Waals surface area contributed by atoms with Crippen LogP contribution in [-0.4, -0.2) is 24.0 Å². The summed E-state index contributed by atoms with van der Waals surface area (Å²) in [6, 6.07) is 12.8. The lowest BCUT2D eigenvalue weighted by atomic mass is 10.1. The molecule has 0 saturated heterocycles. The average Bonchev–Trinajstić information content (AvgIpc) is 3.00. The molecule has 0 bridgehead atoms. The number of para-hydroxylation sites is 1. The Morgan fingerprint density at radius 3 is 2.83 bits per heavy atom. The third kappa shape index (κ3) is 2.56. The molecule has 2 aromatic carbocycles. The van der Waals surface area contributed by atoms with Gasteiger partial charge < -0.3 is 20.1 Å². The van der Waals surface area contributed by atoms with E-state index in [9.17, 15) is 9.59 Å². The molecule has 0 aromatic heterocycles. The fourth-order valence-electron chi connectivity index (χ4n) is 2.84. The zero-order chi connectivity index (χ0) is 16.7. The smallest absolute Gasteiger partial charge is 0.265 e. The lowest BCUT2D eigenvalue weighted by Crippen LogP contribution is -2.34. The van der Waals surface area contributed by atoms with Crippen LogP contribution in [0.15, 0.2) is 42.5 Å². The average molecular weight is 324 g/mol. The van der Waals surface area contributed by atoms with E-state index in [1.165, 1.54) is 0 Å². The molecule has 0 fully saturated rings. The van der Waals surface area contributed by atoms with Gasteiger partial charge >= 0.3 is 0 Å². The van der Waals surface area contributed by atoms with Gasteiger partial charge in [0.2, 0.25) is 0 Å². The van der Waals surface area contributed by atoms with E-state index in [1.54, 1.807) is 25.1 Å². The molecule has 2 aliphatic rings. The maximum absolute atomic E-state index is 12.4. The largest absolute Gasteiger partial charge is 0.480 e. The first-order valence-corrected chi connectivity index (χ1v) is 7.77. The van der Waals surface area contributed by atoms with Crippen LogP contribution in [0.4, 0.5) is 11.4 Å². The van der Waals surface area contributed by atoms with Gasteiger partial charge in [0.25, 0.3) is 11.8 Å². The van der Waals surface area contributed by atoms with Gasteiger partial charge in [-0.05, 0) is 36.8 Å². The molecular formula is C18H16N2O4.